The summed E-state index contributed by atoms with van der Waals surface area (Å²) in [7, 11) is 1.35. The van der Waals surface area contributed by atoms with Gasteiger partial charge in [0, 0.05) is 11.1 Å². The van der Waals surface area contributed by atoms with E-state index in [1.165, 1.54) is 7.11 Å². The minimum atomic E-state index is -0.369. The van der Waals surface area contributed by atoms with Crippen molar-refractivity contribution in [3.63, 3.8) is 0 Å². The van der Waals surface area contributed by atoms with E-state index in [2.05, 4.69) is 0 Å². The highest BCUT2D eigenvalue weighted by Gasteiger charge is 2.06. The highest BCUT2D eigenvalue weighted by atomic mass is 16.5. The van der Waals surface area contributed by atoms with Crippen molar-refractivity contribution in [2.45, 2.75) is 6.61 Å². The van der Waals surface area contributed by atoms with Gasteiger partial charge in [-0.3, -0.25) is 4.79 Å². The normalized spacial score (nSPS) is 10.6. The van der Waals surface area contributed by atoms with Gasteiger partial charge in [-0.05, 0) is 35.9 Å². The molecule has 0 fully saturated rings. The van der Waals surface area contributed by atoms with Crippen molar-refractivity contribution in [1.82, 2.24) is 0 Å². The number of allylic oxidation sites excluding steroid dienone is 1. The van der Waals surface area contributed by atoms with Gasteiger partial charge in [-0.15, -0.1) is 0 Å². The van der Waals surface area contributed by atoms with Crippen LogP contribution in [0.3, 0.4) is 0 Å². The van der Waals surface area contributed by atoms with E-state index >= 15 is 0 Å². The van der Waals surface area contributed by atoms with Crippen molar-refractivity contribution in [3.05, 3.63) is 107 Å². The van der Waals surface area contributed by atoms with Crippen molar-refractivity contribution in [2.24, 2.45) is 0 Å². The van der Waals surface area contributed by atoms with Gasteiger partial charge in [-0.25, -0.2) is 4.79 Å². The number of carbonyl (C=O) groups is 2. The Morgan fingerprint density at radius 3 is 2.21 bits per heavy atom. The first-order valence-electron chi connectivity index (χ1n) is 8.84. The first kappa shape index (κ1) is 19.1. The molecule has 3 aromatic carbocycles. The number of benzene rings is 3. The molecule has 28 heavy (non-hydrogen) atoms. The van der Waals surface area contributed by atoms with Gasteiger partial charge in [0.25, 0.3) is 0 Å². The first-order valence-corrected chi connectivity index (χ1v) is 8.84. The molecular formula is C24H20O4. The number of rotatable bonds is 7. The molecule has 0 bridgehead atoms. The third-order valence-corrected chi connectivity index (χ3v) is 4.16. The third-order valence-electron chi connectivity index (χ3n) is 4.16. The lowest BCUT2D eigenvalue weighted by atomic mass is 10.1. The minimum Gasteiger partial charge on any atom is -0.488 e. The molecule has 0 amide bonds. The molecular weight excluding hydrogens is 352 g/mol. The Kier molecular flexibility index (Phi) is 6.37. The molecule has 4 nitrogen and oxygen atoms in total. The summed E-state index contributed by atoms with van der Waals surface area (Å²) >= 11 is 0. The van der Waals surface area contributed by atoms with E-state index in [-0.39, 0.29) is 11.8 Å². The average molecular weight is 372 g/mol. The van der Waals surface area contributed by atoms with E-state index in [4.69, 9.17) is 9.47 Å². The monoisotopic (exact) mass is 372 g/mol. The molecule has 0 saturated heterocycles. The molecule has 0 aliphatic rings. The molecule has 4 heteroatoms. The molecule has 140 valence electrons. The van der Waals surface area contributed by atoms with Gasteiger partial charge in [0.2, 0.25) is 0 Å². The van der Waals surface area contributed by atoms with Gasteiger partial charge in [-0.2, -0.15) is 0 Å². The molecule has 0 spiro atoms. The van der Waals surface area contributed by atoms with Crippen LogP contribution >= 0.6 is 0 Å². The first-order chi connectivity index (χ1) is 13.7. The predicted octanol–water partition coefficient (Wildman–Crippen LogP) is 4.95. The van der Waals surface area contributed by atoms with Crippen molar-refractivity contribution in [1.29, 1.82) is 0 Å². The molecule has 0 heterocycles. The van der Waals surface area contributed by atoms with Gasteiger partial charge < -0.3 is 9.47 Å². The van der Waals surface area contributed by atoms with Crippen LogP contribution in [0.2, 0.25) is 0 Å². The van der Waals surface area contributed by atoms with Gasteiger partial charge in [-0.1, -0.05) is 60.7 Å². The van der Waals surface area contributed by atoms with Gasteiger partial charge >= 0.3 is 5.97 Å². The van der Waals surface area contributed by atoms with Crippen LogP contribution in [0.15, 0.2) is 84.9 Å². The molecule has 0 atom stereocenters. The maximum atomic E-state index is 12.3. The third kappa shape index (κ3) is 4.95. The van der Waals surface area contributed by atoms with E-state index in [1.54, 1.807) is 36.4 Å². The number of para-hydroxylation sites is 1. The van der Waals surface area contributed by atoms with Gasteiger partial charge in [0.1, 0.15) is 12.4 Å². The standard InChI is InChI=1S/C24H20O4/c1-27-24(26)21-13-11-18(12-14-21)17-28-23-10-6-5-9-20(23)15-16-22(25)19-7-3-2-4-8-19/h2-16H,17H2,1H3/b16-15+. The number of ether oxygens (including phenoxy) is 2. The molecule has 0 aliphatic carbocycles. The van der Waals surface area contributed by atoms with Crippen molar-refractivity contribution in [2.75, 3.05) is 7.11 Å². The summed E-state index contributed by atoms with van der Waals surface area (Å²) in [6.45, 7) is 0.346. The SMILES string of the molecule is COC(=O)c1ccc(COc2ccccc2/C=C/C(=O)c2ccccc2)cc1. The largest absolute Gasteiger partial charge is 0.488 e. The molecule has 0 saturated carbocycles. The Bertz CT molecular complexity index is 973. The van der Waals surface area contributed by atoms with Crippen LogP contribution < -0.4 is 4.74 Å². The van der Waals surface area contributed by atoms with Crippen LogP contribution in [0, 0.1) is 0 Å². The zero-order chi connectivity index (χ0) is 19.8. The van der Waals surface area contributed by atoms with Gasteiger partial charge in [0.05, 0.1) is 12.7 Å². The second-order valence-electron chi connectivity index (χ2n) is 6.08. The molecule has 3 aromatic rings. The number of hydrogen-bond donors (Lipinski definition) is 0. The molecule has 3 rings (SSSR count). The Balaban J connectivity index is 1.68. The summed E-state index contributed by atoms with van der Waals surface area (Å²) in [4.78, 5) is 23.7. The number of hydrogen-bond acceptors (Lipinski definition) is 4. The van der Waals surface area contributed by atoms with Crippen molar-refractivity contribution < 1.29 is 19.1 Å². The number of carbonyl (C=O) groups excluding carboxylic acids is 2. The number of ketones is 1. The van der Waals surface area contributed by atoms with E-state index in [9.17, 15) is 9.59 Å². The molecule has 0 aromatic heterocycles. The summed E-state index contributed by atoms with van der Waals surface area (Å²) < 4.78 is 10.6. The molecule has 0 aliphatic heterocycles. The molecule has 0 unspecified atom stereocenters. The van der Waals surface area contributed by atoms with Crippen molar-refractivity contribution >= 4 is 17.8 Å². The Hall–Kier alpha value is -3.66. The zero-order valence-corrected chi connectivity index (χ0v) is 15.5. The zero-order valence-electron chi connectivity index (χ0n) is 15.5. The lowest BCUT2D eigenvalue weighted by Crippen LogP contribution is -2.02. The van der Waals surface area contributed by atoms with Gasteiger partial charge in [0.15, 0.2) is 5.78 Å². The Labute approximate surface area is 164 Å². The summed E-state index contributed by atoms with van der Waals surface area (Å²) in [6, 6.07) is 23.7. The lowest BCUT2D eigenvalue weighted by Gasteiger charge is -2.09. The van der Waals surface area contributed by atoms with Crippen LogP contribution in [0.25, 0.3) is 6.08 Å². The fourth-order valence-corrected chi connectivity index (χ4v) is 2.63. The van der Waals surface area contributed by atoms with Crippen LogP contribution in [-0.4, -0.2) is 18.9 Å². The smallest absolute Gasteiger partial charge is 0.337 e. The predicted molar refractivity (Wildman–Crippen MR) is 108 cm³/mol. The van der Waals surface area contributed by atoms with E-state index in [0.29, 0.717) is 23.5 Å². The Morgan fingerprint density at radius 1 is 0.821 bits per heavy atom. The minimum absolute atomic E-state index is 0.0613. The maximum Gasteiger partial charge on any atom is 0.337 e. The topological polar surface area (TPSA) is 52.6 Å². The fraction of sp³-hybridized carbons (Fsp3) is 0.0833. The highest BCUT2D eigenvalue weighted by Crippen LogP contribution is 2.21. The second kappa shape index (κ2) is 9.33. The van der Waals surface area contributed by atoms with Crippen LogP contribution in [0.4, 0.5) is 0 Å². The second-order valence-corrected chi connectivity index (χ2v) is 6.08. The van der Waals surface area contributed by atoms with Crippen LogP contribution in [-0.2, 0) is 11.3 Å². The van der Waals surface area contributed by atoms with Crippen molar-refractivity contribution in [3.8, 4) is 5.75 Å². The summed E-state index contributed by atoms with van der Waals surface area (Å²) in [5.74, 6) is 0.247. The van der Waals surface area contributed by atoms with Crippen LogP contribution in [0.1, 0.15) is 31.8 Å². The Morgan fingerprint density at radius 2 is 1.50 bits per heavy atom. The summed E-state index contributed by atoms with van der Waals surface area (Å²) in [5.41, 5.74) is 2.88. The molecule has 0 N–H and O–H groups in total. The lowest BCUT2D eigenvalue weighted by molar-refractivity contribution is 0.0600. The van der Waals surface area contributed by atoms with E-state index in [1.807, 2.05) is 54.6 Å². The average Bonchev–Trinajstić information content (AvgIpc) is 2.77. The summed E-state index contributed by atoms with van der Waals surface area (Å²) in [5, 5.41) is 0. The number of esters is 1. The van der Waals surface area contributed by atoms with E-state index in [0.717, 1.165) is 11.1 Å². The fourth-order valence-electron chi connectivity index (χ4n) is 2.63. The maximum absolute atomic E-state index is 12.3. The quantitative estimate of drug-likeness (QED) is 0.335. The highest BCUT2D eigenvalue weighted by molar-refractivity contribution is 6.06. The summed E-state index contributed by atoms with van der Waals surface area (Å²) in [6.07, 6.45) is 3.30. The number of methoxy groups -OCH3 is 1. The van der Waals surface area contributed by atoms with Crippen LogP contribution in [0.5, 0.6) is 5.75 Å². The van der Waals surface area contributed by atoms with E-state index < -0.39 is 0 Å². The molecule has 0 radical (unpaired) electrons.